The highest BCUT2D eigenvalue weighted by molar-refractivity contribution is 5.94. The van der Waals surface area contributed by atoms with Crippen molar-refractivity contribution < 1.29 is 23.4 Å². The molecule has 4 nitrogen and oxygen atoms in total. The highest BCUT2D eigenvalue weighted by Crippen LogP contribution is 2.23. The zero-order valence-electron chi connectivity index (χ0n) is 12.6. The van der Waals surface area contributed by atoms with Crippen LogP contribution in [0.1, 0.15) is 23.7 Å². The van der Waals surface area contributed by atoms with Crippen molar-refractivity contribution >= 4 is 5.91 Å². The maximum absolute atomic E-state index is 13.1. The van der Waals surface area contributed by atoms with Crippen molar-refractivity contribution in [1.82, 2.24) is 5.32 Å². The fraction of sp³-hybridized carbons (Fsp3) is 0.235. The number of nitrogens with one attached hydrogen (secondary N) is 1. The van der Waals surface area contributed by atoms with Crippen molar-refractivity contribution in [3.8, 4) is 11.5 Å². The van der Waals surface area contributed by atoms with Crippen molar-refractivity contribution in [2.45, 2.75) is 19.4 Å². The predicted octanol–water partition coefficient (Wildman–Crippen LogP) is 3.26. The highest BCUT2D eigenvalue weighted by atomic mass is 19.2. The Bertz CT molecular complexity index is 672. The van der Waals surface area contributed by atoms with Gasteiger partial charge in [-0.1, -0.05) is 0 Å². The lowest BCUT2D eigenvalue weighted by atomic mass is 10.2. The van der Waals surface area contributed by atoms with E-state index in [0.717, 1.165) is 12.1 Å². The number of benzene rings is 2. The first kappa shape index (κ1) is 16.9. The van der Waals surface area contributed by atoms with Crippen LogP contribution < -0.4 is 10.1 Å². The molecular weight excluding hydrogens is 304 g/mol. The Hall–Kier alpha value is -2.47. The summed E-state index contributed by atoms with van der Waals surface area (Å²) in [6.45, 7) is 2.03. The minimum Gasteiger partial charge on any atom is -0.457 e. The molecule has 6 heteroatoms. The Morgan fingerprint density at radius 1 is 1.13 bits per heavy atom. The predicted molar refractivity (Wildman–Crippen MR) is 81.5 cm³/mol. The maximum atomic E-state index is 13.1. The van der Waals surface area contributed by atoms with E-state index in [0.29, 0.717) is 24.3 Å². The molecule has 2 aromatic rings. The Balaban J connectivity index is 1.96. The number of ether oxygens (including phenoxy) is 1. The summed E-state index contributed by atoms with van der Waals surface area (Å²) in [5.41, 5.74) is 0.438. The lowest BCUT2D eigenvalue weighted by Gasteiger charge is -2.08. The van der Waals surface area contributed by atoms with Crippen molar-refractivity contribution in [3.63, 3.8) is 0 Å². The second kappa shape index (κ2) is 7.69. The van der Waals surface area contributed by atoms with E-state index in [-0.39, 0.29) is 11.7 Å². The van der Waals surface area contributed by atoms with E-state index in [4.69, 9.17) is 9.84 Å². The van der Waals surface area contributed by atoms with Crippen molar-refractivity contribution in [1.29, 1.82) is 0 Å². The van der Waals surface area contributed by atoms with Gasteiger partial charge in [0, 0.05) is 18.2 Å². The van der Waals surface area contributed by atoms with Gasteiger partial charge in [0.05, 0.1) is 6.10 Å². The fourth-order valence-corrected chi connectivity index (χ4v) is 1.85. The number of hydrogen-bond acceptors (Lipinski definition) is 3. The Kier molecular flexibility index (Phi) is 5.65. The summed E-state index contributed by atoms with van der Waals surface area (Å²) in [7, 11) is 0. The van der Waals surface area contributed by atoms with Crippen LogP contribution in [-0.4, -0.2) is 23.7 Å². The van der Waals surface area contributed by atoms with E-state index in [1.807, 2.05) is 0 Å². The van der Waals surface area contributed by atoms with Gasteiger partial charge < -0.3 is 15.2 Å². The fourth-order valence-electron chi connectivity index (χ4n) is 1.85. The van der Waals surface area contributed by atoms with Crippen LogP contribution in [0.25, 0.3) is 0 Å². The Labute approximate surface area is 132 Å². The molecular formula is C17H17F2NO3. The summed E-state index contributed by atoms with van der Waals surface area (Å²) < 4.78 is 31.3. The first-order valence-electron chi connectivity index (χ1n) is 7.15. The van der Waals surface area contributed by atoms with Crippen LogP contribution >= 0.6 is 0 Å². The van der Waals surface area contributed by atoms with Gasteiger partial charge in [0.15, 0.2) is 11.6 Å². The van der Waals surface area contributed by atoms with Gasteiger partial charge in [-0.2, -0.15) is 0 Å². The average Bonchev–Trinajstić information content (AvgIpc) is 2.51. The molecule has 0 bridgehead atoms. The molecule has 0 aliphatic heterocycles. The minimum atomic E-state index is -0.989. The molecule has 2 N–H and O–H groups in total. The summed E-state index contributed by atoms with van der Waals surface area (Å²) in [6, 6.07) is 9.49. The van der Waals surface area contributed by atoms with Gasteiger partial charge in [0.25, 0.3) is 5.91 Å². The smallest absolute Gasteiger partial charge is 0.251 e. The van der Waals surface area contributed by atoms with Gasteiger partial charge in [-0.25, -0.2) is 8.78 Å². The van der Waals surface area contributed by atoms with E-state index >= 15 is 0 Å². The van der Waals surface area contributed by atoms with E-state index in [1.54, 1.807) is 31.2 Å². The number of halogens is 2. The number of hydrogen-bond donors (Lipinski definition) is 2. The topological polar surface area (TPSA) is 58.6 Å². The highest BCUT2D eigenvalue weighted by Gasteiger charge is 2.07. The van der Waals surface area contributed by atoms with Crippen molar-refractivity contribution in [2.75, 3.05) is 6.54 Å². The monoisotopic (exact) mass is 321 g/mol. The minimum absolute atomic E-state index is 0.165. The molecule has 0 saturated heterocycles. The molecule has 0 heterocycles. The number of aliphatic hydroxyl groups is 1. The third kappa shape index (κ3) is 5.03. The SMILES string of the molecule is CC(O)CCNC(=O)c1ccc(Oc2ccc(F)c(F)c2)cc1. The van der Waals surface area contributed by atoms with Crippen LogP contribution in [0.4, 0.5) is 8.78 Å². The quantitative estimate of drug-likeness (QED) is 0.858. The first-order chi connectivity index (χ1) is 11.0. The van der Waals surface area contributed by atoms with E-state index in [2.05, 4.69) is 5.32 Å². The molecule has 0 aliphatic rings. The number of carbonyl (C=O) groups is 1. The molecule has 2 rings (SSSR count). The van der Waals surface area contributed by atoms with E-state index < -0.39 is 17.7 Å². The molecule has 0 aromatic heterocycles. The molecule has 0 saturated carbocycles. The number of carbonyl (C=O) groups excluding carboxylic acids is 1. The van der Waals surface area contributed by atoms with E-state index in [9.17, 15) is 13.6 Å². The molecule has 0 fully saturated rings. The largest absolute Gasteiger partial charge is 0.457 e. The summed E-state index contributed by atoms with van der Waals surface area (Å²) in [5, 5.41) is 11.8. The lowest BCUT2D eigenvalue weighted by molar-refractivity contribution is 0.0945. The lowest BCUT2D eigenvalue weighted by Crippen LogP contribution is -2.26. The van der Waals surface area contributed by atoms with Crippen molar-refractivity contribution in [2.24, 2.45) is 0 Å². The first-order valence-corrected chi connectivity index (χ1v) is 7.15. The molecule has 0 spiro atoms. The molecule has 2 aromatic carbocycles. The van der Waals surface area contributed by atoms with Gasteiger partial charge >= 0.3 is 0 Å². The van der Waals surface area contributed by atoms with Gasteiger partial charge in [0.1, 0.15) is 11.5 Å². The third-order valence-electron chi connectivity index (χ3n) is 3.09. The zero-order chi connectivity index (χ0) is 16.8. The molecule has 0 radical (unpaired) electrons. The van der Waals surface area contributed by atoms with E-state index in [1.165, 1.54) is 6.07 Å². The number of amides is 1. The van der Waals surface area contributed by atoms with Gasteiger partial charge in [-0.05, 0) is 49.7 Å². The van der Waals surface area contributed by atoms with Gasteiger partial charge in [0.2, 0.25) is 0 Å². The summed E-state index contributed by atoms with van der Waals surface area (Å²) in [5.74, 6) is -1.63. The Morgan fingerprint density at radius 3 is 2.39 bits per heavy atom. The standard InChI is InChI=1S/C17H17F2NO3/c1-11(21)8-9-20-17(22)12-2-4-13(5-3-12)23-14-6-7-15(18)16(19)10-14/h2-7,10-11,21H,8-9H2,1H3,(H,20,22). The molecule has 1 unspecified atom stereocenters. The number of rotatable bonds is 6. The maximum Gasteiger partial charge on any atom is 0.251 e. The molecule has 0 aliphatic carbocycles. The van der Waals surface area contributed by atoms with Crippen LogP contribution in [0.15, 0.2) is 42.5 Å². The third-order valence-corrected chi connectivity index (χ3v) is 3.09. The average molecular weight is 321 g/mol. The molecule has 23 heavy (non-hydrogen) atoms. The normalized spacial score (nSPS) is 11.8. The number of aliphatic hydroxyl groups excluding tert-OH is 1. The van der Waals surface area contributed by atoms with Crippen LogP contribution in [0, 0.1) is 11.6 Å². The molecule has 122 valence electrons. The second-order valence-corrected chi connectivity index (χ2v) is 5.10. The summed E-state index contributed by atoms with van der Waals surface area (Å²) in [6.07, 6.45) is 0.00506. The molecule has 1 atom stereocenters. The van der Waals surface area contributed by atoms with Gasteiger partial charge in [-0.15, -0.1) is 0 Å². The molecule has 1 amide bonds. The van der Waals surface area contributed by atoms with Gasteiger partial charge in [-0.3, -0.25) is 4.79 Å². The van der Waals surface area contributed by atoms with Crippen molar-refractivity contribution in [3.05, 3.63) is 59.7 Å². The van der Waals surface area contributed by atoms with Crippen LogP contribution in [0.3, 0.4) is 0 Å². The van der Waals surface area contributed by atoms with Crippen LogP contribution in [0.5, 0.6) is 11.5 Å². The van der Waals surface area contributed by atoms with Crippen LogP contribution in [-0.2, 0) is 0 Å². The summed E-state index contributed by atoms with van der Waals surface area (Å²) in [4.78, 5) is 11.9. The second-order valence-electron chi connectivity index (χ2n) is 5.10. The zero-order valence-corrected chi connectivity index (χ0v) is 12.6. The van der Waals surface area contributed by atoms with Crippen LogP contribution in [0.2, 0.25) is 0 Å². The Morgan fingerprint density at radius 2 is 1.78 bits per heavy atom. The summed E-state index contributed by atoms with van der Waals surface area (Å²) >= 11 is 0.